The Hall–Kier alpha value is -3.33. The number of ether oxygens (including phenoxy) is 1. The number of aromatic nitrogens is 4. The fourth-order valence-corrected chi connectivity index (χ4v) is 3.13. The molecule has 0 radical (unpaired) electrons. The molecule has 0 saturated heterocycles. The molecule has 26 heavy (non-hydrogen) atoms. The summed E-state index contributed by atoms with van der Waals surface area (Å²) in [7, 11) is 1.59. The van der Waals surface area contributed by atoms with Crippen LogP contribution in [0.25, 0.3) is 16.3 Å². The van der Waals surface area contributed by atoms with Crippen molar-refractivity contribution in [2.75, 3.05) is 12.4 Å². The molecule has 1 N–H and O–H groups in total. The smallest absolute Gasteiger partial charge is 0.260 e. The molecule has 0 spiro atoms. The molecule has 0 bridgehead atoms. The number of nitrogens with zero attached hydrogens (tertiary/aromatic N) is 4. The topological polar surface area (TPSA) is 81.4 Å². The molecule has 1 amide bonds. The van der Waals surface area contributed by atoms with Crippen molar-refractivity contribution in [3.8, 4) is 17.1 Å². The normalized spacial score (nSPS) is 10.8. The minimum absolute atomic E-state index is 0.0474. The van der Waals surface area contributed by atoms with E-state index in [9.17, 15) is 9.18 Å². The van der Waals surface area contributed by atoms with Crippen LogP contribution in [0, 0.1) is 5.82 Å². The number of fused-ring (bicyclic) bond motifs is 1. The van der Waals surface area contributed by atoms with Gasteiger partial charge in [0.2, 0.25) is 10.1 Å². The summed E-state index contributed by atoms with van der Waals surface area (Å²) in [6.45, 7) is 0. The fraction of sp³-hybridized carbons (Fsp3) is 0.0588. The first-order chi connectivity index (χ1) is 12.7. The van der Waals surface area contributed by atoms with E-state index in [-0.39, 0.29) is 5.56 Å². The van der Waals surface area contributed by atoms with Gasteiger partial charge in [-0.05, 0) is 36.4 Å². The molecule has 0 saturated carbocycles. The Morgan fingerprint density at radius 3 is 2.65 bits per heavy atom. The fourth-order valence-electron chi connectivity index (χ4n) is 2.40. The van der Waals surface area contributed by atoms with E-state index in [1.165, 1.54) is 22.7 Å². The molecule has 0 aliphatic rings. The number of nitrogens with one attached hydrogen (secondary N) is 1. The third kappa shape index (κ3) is 2.88. The molecule has 0 aliphatic heterocycles. The van der Waals surface area contributed by atoms with Crippen molar-refractivity contribution in [1.29, 1.82) is 0 Å². The summed E-state index contributed by atoms with van der Waals surface area (Å²) in [4.78, 5) is 12.7. The number of hydrogen-bond donors (Lipinski definition) is 1. The highest BCUT2D eigenvalue weighted by atomic mass is 32.1. The summed E-state index contributed by atoms with van der Waals surface area (Å²) in [5, 5.41) is 15.4. The van der Waals surface area contributed by atoms with Crippen LogP contribution in [0.3, 0.4) is 0 Å². The lowest BCUT2D eigenvalue weighted by molar-refractivity contribution is 0.102. The van der Waals surface area contributed by atoms with E-state index < -0.39 is 11.7 Å². The average molecular weight is 369 g/mol. The first-order valence-electron chi connectivity index (χ1n) is 7.58. The Labute approximate surface area is 151 Å². The first kappa shape index (κ1) is 16.2. The van der Waals surface area contributed by atoms with Crippen LogP contribution in [0.5, 0.6) is 5.75 Å². The van der Waals surface area contributed by atoms with Crippen molar-refractivity contribution in [2.45, 2.75) is 0 Å². The summed E-state index contributed by atoms with van der Waals surface area (Å²) in [6.07, 6.45) is 0. The SMILES string of the molecule is COc1ccc(-c2nnc3sc(NC(=O)c4ccccc4F)nn23)cc1. The van der Waals surface area contributed by atoms with Crippen LogP contribution in [-0.4, -0.2) is 32.8 Å². The highest BCUT2D eigenvalue weighted by molar-refractivity contribution is 7.20. The summed E-state index contributed by atoms with van der Waals surface area (Å²) < 4.78 is 20.4. The van der Waals surface area contributed by atoms with E-state index in [1.54, 1.807) is 13.2 Å². The Kier molecular flexibility index (Phi) is 4.05. The van der Waals surface area contributed by atoms with Crippen molar-refractivity contribution in [3.63, 3.8) is 0 Å². The molecular weight excluding hydrogens is 357 g/mol. The lowest BCUT2D eigenvalue weighted by Gasteiger charge is -2.02. The molecule has 7 nitrogen and oxygen atoms in total. The van der Waals surface area contributed by atoms with Gasteiger partial charge in [0.15, 0.2) is 5.82 Å². The van der Waals surface area contributed by atoms with Crippen molar-refractivity contribution < 1.29 is 13.9 Å². The first-order valence-corrected chi connectivity index (χ1v) is 8.40. The van der Waals surface area contributed by atoms with Crippen molar-refractivity contribution in [3.05, 3.63) is 59.9 Å². The number of anilines is 1. The van der Waals surface area contributed by atoms with Crippen LogP contribution in [-0.2, 0) is 0 Å². The second-order valence-electron chi connectivity index (χ2n) is 5.29. The summed E-state index contributed by atoms with van der Waals surface area (Å²) in [6, 6.07) is 13.1. The molecule has 2 heterocycles. The van der Waals surface area contributed by atoms with Gasteiger partial charge in [0.1, 0.15) is 11.6 Å². The average Bonchev–Trinajstić information content (AvgIpc) is 3.22. The predicted octanol–water partition coefficient (Wildman–Crippen LogP) is 3.25. The molecule has 2 aromatic heterocycles. The number of amides is 1. The number of hydrogen-bond acceptors (Lipinski definition) is 6. The van der Waals surface area contributed by atoms with E-state index >= 15 is 0 Å². The highest BCUT2D eigenvalue weighted by Crippen LogP contribution is 2.25. The summed E-state index contributed by atoms with van der Waals surface area (Å²) in [5.41, 5.74) is 0.754. The second-order valence-corrected chi connectivity index (χ2v) is 6.24. The van der Waals surface area contributed by atoms with Gasteiger partial charge in [0.25, 0.3) is 5.91 Å². The third-order valence-electron chi connectivity index (χ3n) is 3.68. The number of benzene rings is 2. The molecule has 0 fully saturated rings. The van der Waals surface area contributed by atoms with Crippen molar-refractivity contribution in [1.82, 2.24) is 19.8 Å². The molecule has 9 heteroatoms. The van der Waals surface area contributed by atoms with Crippen LogP contribution in [0.2, 0.25) is 0 Å². The lowest BCUT2D eigenvalue weighted by atomic mass is 10.2. The van der Waals surface area contributed by atoms with Gasteiger partial charge in [-0.15, -0.1) is 15.3 Å². The van der Waals surface area contributed by atoms with Gasteiger partial charge in [0.05, 0.1) is 12.7 Å². The molecule has 4 aromatic rings. The molecule has 0 aliphatic carbocycles. The van der Waals surface area contributed by atoms with Crippen LogP contribution in [0.4, 0.5) is 9.52 Å². The molecular formula is C17H12FN5O2S. The van der Waals surface area contributed by atoms with Gasteiger partial charge in [-0.25, -0.2) is 4.39 Å². The van der Waals surface area contributed by atoms with Crippen LogP contribution in [0.15, 0.2) is 48.5 Å². The zero-order chi connectivity index (χ0) is 18.1. The third-order valence-corrected chi connectivity index (χ3v) is 4.49. The predicted molar refractivity (Wildman–Crippen MR) is 95.0 cm³/mol. The van der Waals surface area contributed by atoms with Gasteiger partial charge in [-0.1, -0.05) is 23.5 Å². The zero-order valence-corrected chi connectivity index (χ0v) is 14.3. The minimum atomic E-state index is -0.591. The minimum Gasteiger partial charge on any atom is -0.497 e. The maximum absolute atomic E-state index is 13.7. The van der Waals surface area contributed by atoms with Gasteiger partial charge >= 0.3 is 0 Å². The number of methoxy groups -OCH3 is 1. The second kappa shape index (κ2) is 6.52. The number of carbonyl (C=O) groups is 1. The van der Waals surface area contributed by atoms with E-state index in [0.717, 1.165) is 22.6 Å². The monoisotopic (exact) mass is 369 g/mol. The number of rotatable bonds is 4. The Morgan fingerprint density at radius 2 is 1.92 bits per heavy atom. The maximum Gasteiger partial charge on any atom is 0.260 e. The van der Waals surface area contributed by atoms with Crippen LogP contribution in [0.1, 0.15) is 10.4 Å². The number of halogens is 1. The van der Waals surface area contributed by atoms with Crippen LogP contribution >= 0.6 is 11.3 Å². The van der Waals surface area contributed by atoms with Gasteiger partial charge in [-0.3, -0.25) is 10.1 Å². The maximum atomic E-state index is 13.7. The Morgan fingerprint density at radius 1 is 1.15 bits per heavy atom. The van der Waals surface area contributed by atoms with E-state index in [4.69, 9.17) is 4.74 Å². The van der Waals surface area contributed by atoms with E-state index in [1.807, 2.05) is 24.3 Å². The molecule has 4 rings (SSSR count). The molecule has 0 atom stereocenters. The standard InChI is InChI=1S/C17H12FN5O2S/c1-25-11-8-6-10(7-9-11)14-20-21-17-23(14)22-16(26-17)19-15(24)12-4-2-3-5-13(12)18/h2-9H,1H3,(H,19,22,24). The zero-order valence-electron chi connectivity index (χ0n) is 13.5. The van der Waals surface area contributed by atoms with Crippen molar-refractivity contribution >= 4 is 27.3 Å². The van der Waals surface area contributed by atoms with Gasteiger partial charge < -0.3 is 4.74 Å². The van der Waals surface area contributed by atoms with Crippen LogP contribution < -0.4 is 10.1 Å². The highest BCUT2D eigenvalue weighted by Gasteiger charge is 2.17. The van der Waals surface area contributed by atoms with Gasteiger partial charge in [0, 0.05) is 5.56 Å². The van der Waals surface area contributed by atoms with E-state index in [2.05, 4.69) is 20.6 Å². The van der Waals surface area contributed by atoms with E-state index in [0.29, 0.717) is 15.9 Å². The largest absolute Gasteiger partial charge is 0.497 e. The quantitative estimate of drug-likeness (QED) is 0.597. The summed E-state index contributed by atoms with van der Waals surface area (Å²) in [5.74, 6) is 0.0990. The molecule has 2 aromatic carbocycles. The summed E-state index contributed by atoms with van der Waals surface area (Å²) >= 11 is 1.15. The Balaban J connectivity index is 1.63. The number of carbonyl (C=O) groups excluding carboxylic acids is 1. The van der Waals surface area contributed by atoms with Gasteiger partial charge in [-0.2, -0.15) is 4.52 Å². The Bertz CT molecular complexity index is 1090. The molecule has 130 valence electrons. The lowest BCUT2D eigenvalue weighted by Crippen LogP contribution is -2.13. The van der Waals surface area contributed by atoms with Crippen molar-refractivity contribution in [2.24, 2.45) is 0 Å². The molecule has 0 unspecified atom stereocenters.